The molecular formula is C24H28ClN3O2. The van der Waals surface area contributed by atoms with Gasteiger partial charge in [-0.05, 0) is 41.4 Å². The predicted octanol–water partition coefficient (Wildman–Crippen LogP) is 3.76. The molecule has 0 saturated carbocycles. The number of fused-ring (bicyclic) bond motifs is 1. The Balaban J connectivity index is 0.00000320. The Kier molecular flexibility index (Phi) is 9.32. The van der Waals surface area contributed by atoms with Crippen LogP contribution in [-0.4, -0.2) is 36.3 Å². The molecular weight excluding hydrogens is 398 g/mol. The molecule has 0 aliphatic heterocycles. The zero-order valence-electron chi connectivity index (χ0n) is 16.9. The van der Waals surface area contributed by atoms with Crippen LogP contribution in [0.2, 0.25) is 0 Å². The molecule has 3 rings (SSSR count). The molecule has 158 valence electrons. The standard InChI is InChI=1S/C24H27N3O2.ClH/c25-14-6-16-27(18-19-7-2-1-3-8-19)23(28)13-15-26-24(29)22-12-11-20-9-4-5-10-21(20)17-22;/h1-5,7-12,17H,6,13-16,18,25H2,(H,26,29);1H. The third-order valence-electron chi connectivity index (χ3n) is 4.84. The highest BCUT2D eigenvalue weighted by Crippen LogP contribution is 2.15. The summed E-state index contributed by atoms with van der Waals surface area (Å²) in [5, 5.41) is 4.97. The van der Waals surface area contributed by atoms with E-state index in [2.05, 4.69) is 5.32 Å². The van der Waals surface area contributed by atoms with Crippen molar-refractivity contribution in [2.45, 2.75) is 19.4 Å². The molecule has 6 heteroatoms. The third kappa shape index (κ3) is 6.58. The van der Waals surface area contributed by atoms with Gasteiger partial charge in [0.1, 0.15) is 0 Å². The molecule has 0 spiro atoms. The molecule has 0 bridgehead atoms. The second-order valence-corrected chi connectivity index (χ2v) is 7.01. The van der Waals surface area contributed by atoms with Crippen molar-refractivity contribution in [3.05, 3.63) is 83.9 Å². The highest BCUT2D eigenvalue weighted by Gasteiger charge is 2.14. The van der Waals surface area contributed by atoms with Gasteiger partial charge in [-0.2, -0.15) is 0 Å². The van der Waals surface area contributed by atoms with Crippen LogP contribution >= 0.6 is 12.4 Å². The maximum absolute atomic E-state index is 12.7. The molecule has 0 heterocycles. The lowest BCUT2D eigenvalue weighted by Crippen LogP contribution is -2.35. The van der Waals surface area contributed by atoms with Crippen LogP contribution in [-0.2, 0) is 11.3 Å². The first-order chi connectivity index (χ1) is 14.2. The molecule has 2 amide bonds. The number of nitrogens with two attached hydrogens (primary N) is 1. The first-order valence-corrected chi connectivity index (χ1v) is 9.96. The monoisotopic (exact) mass is 425 g/mol. The van der Waals surface area contributed by atoms with E-state index in [1.807, 2.05) is 77.7 Å². The summed E-state index contributed by atoms with van der Waals surface area (Å²) in [6, 6.07) is 23.4. The zero-order chi connectivity index (χ0) is 20.5. The van der Waals surface area contributed by atoms with Crippen molar-refractivity contribution >= 4 is 35.0 Å². The summed E-state index contributed by atoms with van der Waals surface area (Å²) in [4.78, 5) is 26.9. The van der Waals surface area contributed by atoms with Crippen molar-refractivity contribution in [2.24, 2.45) is 5.73 Å². The lowest BCUT2D eigenvalue weighted by molar-refractivity contribution is -0.131. The average Bonchev–Trinajstić information content (AvgIpc) is 2.76. The van der Waals surface area contributed by atoms with Crippen LogP contribution in [0.15, 0.2) is 72.8 Å². The molecule has 3 aromatic carbocycles. The molecule has 0 aliphatic carbocycles. The summed E-state index contributed by atoms with van der Waals surface area (Å²) in [5.74, 6) is -0.152. The van der Waals surface area contributed by atoms with Crippen molar-refractivity contribution in [1.82, 2.24) is 10.2 Å². The van der Waals surface area contributed by atoms with Crippen LogP contribution in [0.1, 0.15) is 28.8 Å². The van der Waals surface area contributed by atoms with E-state index in [1.165, 1.54) is 0 Å². The summed E-state index contributed by atoms with van der Waals surface area (Å²) in [6.45, 7) is 2.01. The second-order valence-electron chi connectivity index (χ2n) is 7.01. The minimum absolute atomic E-state index is 0. The summed E-state index contributed by atoms with van der Waals surface area (Å²) < 4.78 is 0. The Morgan fingerprint density at radius 1 is 0.900 bits per heavy atom. The number of rotatable bonds is 9. The fourth-order valence-electron chi connectivity index (χ4n) is 3.25. The SMILES string of the molecule is Cl.NCCCN(Cc1ccccc1)C(=O)CCNC(=O)c1ccc2ccccc2c1. The second kappa shape index (κ2) is 12.0. The molecule has 3 aromatic rings. The Labute approximate surface area is 183 Å². The molecule has 0 unspecified atom stereocenters. The van der Waals surface area contributed by atoms with E-state index >= 15 is 0 Å². The largest absolute Gasteiger partial charge is 0.352 e. The van der Waals surface area contributed by atoms with Gasteiger partial charge in [-0.25, -0.2) is 0 Å². The summed E-state index contributed by atoms with van der Waals surface area (Å²) in [7, 11) is 0. The topological polar surface area (TPSA) is 75.4 Å². The fourth-order valence-corrected chi connectivity index (χ4v) is 3.25. The summed E-state index contributed by atoms with van der Waals surface area (Å²) >= 11 is 0. The summed E-state index contributed by atoms with van der Waals surface area (Å²) in [6.07, 6.45) is 1.01. The molecule has 0 fully saturated rings. The van der Waals surface area contributed by atoms with E-state index in [-0.39, 0.29) is 30.6 Å². The first-order valence-electron chi connectivity index (χ1n) is 9.96. The van der Waals surface area contributed by atoms with E-state index in [0.717, 1.165) is 22.8 Å². The number of halogens is 1. The van der Waals surface area contributed by atoms with Gasteiger partial charge in [0.25, 0.3) is 5.91 Å². The van der Waals surface area contributed by atoms with Crippen molar-refractivity contribution in [3.63, 3.8) is 0 Å². The maximum atomic E-state index is 12.7. The number of nitrogens with one attached hydrogen (secondary N) is 1. The van der Waals surface area contributed by atoms with E-state index in [4.69, 9.17) is 5.73 Å². The quantitative estimate of drug-likeness (QED) is 0.548. The first kappa shape index (κ1) is 23.4. The molecule has 0 aliphatic rings. The fraction of sp³-hybridized carbons (Fsp3) is 0.250. The number of nitrogens with zero attached hydrogens (tertiary/aromatic N) is 1. The molecule has 0 radical (unpaired) electrons. The highest BCUT2D eigenvalue weighted by atomic mass is 35.5. The van der Waals surface area contributed by atoms with Crippen molar-refractivity contribution in [3.8, 4) is 0 Å². The van der Waals surface area contributed by atoms with Gasteiger partial charge in [0.05, 0.1) is 0 Å². The average molecular weight is 426 g/mol. The number of carbonyl (C=O) groups excluding carboxylic acids is 2. The van der Waals surface area contributed by atoms with Gasteiger partial charge in [-0.1, -0.05) is 60.7 Å². The van der Waals surface area contributed by atoms with Gasteiger partial charge in [0, 0.05) is 31.6 Å². The highest BCUT2D eigenvalue weighted by molar-refractivity contribution is 5.98. The van der Waals surface area contributed by atoms with Crippen molar-refractivity contribution in [1.29, 1.82) is 0 Å². The van der Waals surface area contributed by atoms with Gasteiger partial charge in [-0.15, -0.1) is 12.4 Å². The van der Waals surface area contributed by atoms with Crippen molar-refractivity contribution in [2.75, 3.05) is 19.6 Å². The Hall–Kier alpha value is -2.89. The molecule has 30 heavy (non-hydrogen) atoms. The molecule has 0 aromatic heterocycles. The zero-order valence-corrected chi connectivity index (χ0v) is 17.7. The van der Waals surface area contributed by atoms with Gasteiger partial charge < -0.3 is 16.0 Å². The van der Waals surface area contributed by atoms with Crippen LogP contribution < -0.4 is 11.1 Å². The maximum Gasteiger partial charge on any atom is 0.251 e. The third-order valence-corrected chi connectivity index (χ3v) is 4.84. The predicted molar refractivity (Wildman–Crippen MR) is 124 cm³/mol. The van der Waals surface area contributed by atoms with Gasteiger partial charge >= 0.3 is 0 Å². The normalized spacial score (nSPS) is 10.3. The van der Waals surface area contributed by atoms with Crippen LogP contribution in [0.5, 0.6) is 0 Å². The number of carbonyl (C=O) groups is 2. The van der Waals surface area contributed by atoms with E-state index in [9.17, 15) is 9.59 Å². The lowest BCUT2D eigenvalue weighted by Gasteiger charge is -2.23. The number of amides is 2. The Morgan fingerprint density at radius 2 is 1.60 bits per heavy atom. The summed E-state index contributed by atoms with van der Waals surface area (Å²) in [5.41, 5.74) is 7.30. The van der Waals surface area contributed by atoms with Crippen molar-refractivity contribution < 1.29 is 9.59 Å². The molecule has 5 nitrogen and oxygen atoms in total. The molecule has 0 saturated heterocycles. The van der Waals surface area contributed by atoms with Gasteiger partial charge in [0.15, 0.2) is 0 Å². The van der Waals surface area contributed by atoms with Gasteiger partial charge in [0.2, 0.25) is 5.91 Å². The Morgan fingerprint density at radius 3 is 2.33 bits per heavy atom. The van der Waals surface area contributed by atoms with Gasteiger partial charge in [-0.3, -0.25) is 9.59 Å². The van der Waals surface area contributed by atoms with E-state index in [0.29, 0.717) is 31.7 Å². The van der Waals surface area contributed by atoms with Crippen LogP contribution in [0.25, 0.3) is 10.8 Å². The lowest BCUT2D eigenvalue weighted by atomic mass is 10.1. The van der Waals surface area contributed by atoms with E-state index < -0.39 is 0 Å². The van der Waals surface area contributed by atoms with Crippen LogP contribution in [0.4, 0.5) is 0 Å². The smallest absolute Gasteiger partial charge is 0.251 e. The van der Waals surface area contributed by atoms with Crippen LogP contribution in [0, 0.1) is 0 Å². The Bertz CT molecular complexity index is 963. The molecule has 0 atom stereocenters. The number of hydrogen-bond acceptors (Lipinski definition) is 3. The minimum Gasteiger partial charge on any atom is -0.352 e. The minimum atomic E-state index is -0.167. The number of benzene rings is 3. The molecule has 3 N–H and O–H groups in total. The number of hydrogen-bond donors (Lipinski definition) is 2. The van der Waals surface area contributed by atoms with Crippen LogP contribution in [0.3, 0.4) is 0 Å². The van der Waals surface area contributed by atoms with E-state index in [1.54, 1.807) is 0 Å².